The Hall–Kier alpha value is -2.51. The number of benzene rings is 3. The van der Waals surface area contributed by atoms with Crippen LogP contribution in [0, 0.1) is 0 Å². The molecule has 3 aromatic rings. The topological polar surface area (TPSA) is 38.3 Å². The molecular weight excluding hydrogens is 305 g/mol. The summed E-state index contributed by atoms with van der Waals surface area (Å²) in [6.45, 7) is 0. The molecule has 0 amide bonds. The molecule has 0 radical (unpaired) electrons. The molecule has 116 valence electrons. The van der Waals surface area contributed by atoms with E-state index >= 15 is 0 Å². The summed E-state index contributed by atoms with van der Waals surface area (Å²) in [6.07, 6.45) is 0. The number of anilines is 1. The average Bonchev–Trinajstić information content (AvgIpc) is 2.63. The normalized spacial score (nSPS) is 11.0. The predicted octanol–water partition coefficient (Wildman–Crippen LogP) is 4.04. The van der Waals surface area contributed by atoms with Gasteiger partial charge in [-0.15, -0.1) is 0 Å². The Balaban J connectivity index is 2.12. The van der Waals surface area contributed by atoms with Crippen molar-refractivity contribution in [3.63, 3.8) is 0 Å². The second kappa shape index (κ2) is 6.72. The third-order valence-corrected chi connectivity index (χ3v) is 6.23. The molecule has 0 aromatic heterocycles. The zero-order chi connectivity index (χ0) is 16.1. The number of nitrogens with one attached hydrogen (secondary N) is 1. The quantitative estimate of drug-likeness (QED) is 0.720. The minimum Gasteiger partial charge on any atom is -0.495 e. The number of ether oxygens (including phenoxy) is 1. The molecule has 23 heavy (non-hydrogen) atoms. The molecule has 0 bridgehead atoms. The van der Waals surface area contributed by atoms with Crippen LogP contribution in [0.5, 0.6) is 5.75 Å². The largest absolute Gasteiger partial charge is 0.495 e. The van der Waals surface area contributed by atoms with Gasteiger partial charge in [-0.2, -0.15) is 0 Å². The Kier molecular flexibility index (Phi) is 4.50. The fourth-order valence-corrected chi connectivity index (χ4v) is 4.72. The van der Waals surface area contributed by atoms with E-state index in [9.17, 15) is 4.57 Å². The third-order valence-electron chi connectivity index (χ3n) is 3.62. The molecule has 0 unspecified atom stereocenters. The van der Waals surface area contributed by atoms with Gasteiger partial charge in [-0.3, -0.25) is 4.57 Å². The number of para-hydroxylation sites is 2. The van der Waals surface area contributed by atoms with Gasteiger partial charge < -0.3 is 9.82 Å². The van der Waals surface area contributed by atoms with E-state index in [1.807, 2.05) is 84.9 Å². The second-order valence-electron chi connectivity index (χ2n) is 5.09. The molecule has 0 aliphatic heterocycles. The van der Waals surface area contributed by atoms with E-state index in [4.69, 9.17) is 4.74 Å². The first-order valence-electron chi connectivity index (χ1n) is 7.36. The van der Waals surface area contributed by atoms with Crippen molar-refractivity contribution in [2.75, 3.05) is 12.2 Å². The Morgan fingerprint density at radius 2 is 1.22 bits per heavy atom. The van der Waals surface area contributed by atoms with Crippen LogP contribution in [0.1, 0.15) is 0 Å². The third kappa shape index (κ3) is 3.15. The fourth-order valence-electron chi connectivity index (χ4n) is 2.46. The van der Waals surface area contributed by atoms with Crippen LogP contribution >= 0.6 is 7.29 Å². The van der Waals surface area contributed by atoms with Crippen molar-refractivity contribution in [2.24, 2.45) is 0 Å². The molecule has 0 fully saturated rings. The highest BCUT2D eigenvalue weighted by Crippen LogP contribution is 2.45. The summed E-state index contributed by atoms with van der Waals surface area (Å²) in [5, 5.41) is 4.76. The van der Waals surface area contributed by atoms with Crippen LogP contribution in [0.25, 0.3) is 0 Å². The van der Waals surface area contributed by atoms with Crippen molar-refractivity contribution < 1.29 is 9.30 Å². The lowest BCUT2D eigenvalue weighted by molar-refractivity contribution is 0.417. The molecule has 0 spiro atoms. The van der Waals surface area contributed by atoms with Crippen molar-refractivity contribution in [2.45, 2.75) is 0 Å². The van der Waals surface area contributed by atoms with Crippen LogP contribution in [0.15, 0.2) is 84.9 Å². The summed E-state index contributed by atoms with van der Waals surface area (Å²) < 4.78 is 19.3. The molecule has 0 saturated carbocycles. The molecule has 0 saturated heterocycles. The van der Waals surface area contributed by atoms with Gasteiger partial charge in [0.2, 0.25) is 7.29 Å². The number of methoxy groups -OCH3 is 1. The summed E-state index contributed by atoms with van der Waals surface area (Å²) in [6, 6.07) is 26.5. The monoisotopic (exact) mass is 323 g/mol. The molecule has 1 N–H and O–H groups in total. The van der Waals surface area contributed by atoms with Crippen molar-refractivity contribution in [3.05, 3.63) is 84.9 Å². The second-order valence-corrected chi connectivity index (χ2v) is 7.57. The lowest BCUT2D eigenvalue weighted by Gasteiger charge is -2.22. The lowest BCUT2D eigenvalue weighted by atomic mass is 10.3. The van der Waals surface area contributed by atoms with E-state index < -0.39 is 7.29 Å². The SMILES string of the molecule is COc1ccccc1NP(=O)(c1ccccc1)c1ccccc1. The predicted molar refractivity (Wildman–Crippen MR) is 96.4 cm³/mol. The molecule has 3 nitrogen and oxygen atoms in total. The van der Waals surface area contributed by atoms with Crippen molar-refractivity contribution in [1.29, 1.82) is 0 Å². The van der Waals surface area contributed by atoms with Crippen LogP contribution in [0.4, 0.5) is 5.69 Å². The van der Waals surface area contributed by atoms with Crippen LogP contribution < -0.4 is 20.4 Å². The van der Waals surface area contributed by atoms with E-state index in [0.29, 0.717) is 11.4 Å². The highest BCUT2D eigenvalue weighted by atomic mass is 31.2. The maximum atomic E-state index is 13.9. The Morgan fingerprint density at radius 3 is 1.74 bits per heavy atom. The van der Waals surface area contributed by atoms with Crippen LogP contribution in [-0.4, -0.2) is 7.11 Å². The van der Waals surface area contributed by atoms with Gasteiger partial charge in [-0.25, -0.2) is 0 Å². The van der Waals surface area contributed by atoms with E-state index in [1.165, 1.54) is 0 Å². The standard InChI is InChI=1S/C19H18NO2P/c1-22-19-15-9-8-14-18(19)20-23(21,16-10-4-2-5-11-16)17-12-6-3-7-13-17/h2-15H,1H3,(H,20,21). The molecule has 0 heterocycles. The summed E-state index contributed by atoms with van der Waals surface area (Å²) in [4.78, 5) is 0. The smallest absolute Gasteiger partial charge is 0.227 e. The molecule has 0 aliphatic rings. The summed E-state index contributed by atoms with van der Waals surface area (Å²) in [5.41, 5.74) is 0.714. The molecule has 0 aliphatic carbocycles. The Bertz CT molecular complexity index is 776. The minimum absolute atomic E-state index is 0.666. The van der Waals surface area contributed by atoms with Crippen molar-refractivity contribution >= 4 is 23.6 Å². The van der Waals surface area contributed by atoms with Gasteiger partial charge in [0, 0.05) is 10.6 Å². The number of rotatable bonds is 5. The van der Waals surface area contributed by atoms with Gasteiger partial charge in [0.1, 0.15) is 5.75 Å². The molecule has 3 aromatic carbocycles. The highest BCUT2D eigenvalue weighted by Gasteiger charge is 2.28. The average molecular weight is 323 g/mol. The van der Waals surface area contributed by atoms with Crippen molar-refractivity contribution in [3.8, 4) is 5.75 Å². The van der Waals surface area contributed by atoms with Crippen molar-refractivity contribution in [1.82, 2.24) is 0 Å². The molecule has 4 heteroatoms. The van der Waals surface area contributed by atoms with E-state index in [1.54, 1.807) is 7.11 Å². The summed E-state index contributed by atoms with van der Waals surface area (Å²) in [7, 11) is -1.41. The van der Waals surface area contributed by atoms with E-state index in [-0.39, 0.29) is 0 Å². The maximum Gasteiger partial charge on any atom is 0.227 e. The van der Waals surface area contributed by atoms with Gasteiger partial charge >= 0.3 is 0 Å². The molecule has 3 rings (SSSR count). The van der Waals surface area contributed by atoms with Gasteiger partial charge in [-0.05, 0) is 36.4 Å². The Morgan fingerprint density at radius 1 is 0.739 bits per heavy atom. The first-order chi connectivity index (χ1) is 11.2. The van der Waals surface area contributed by atoms with E-state index in [2.05, 4.69) is 5.09 Å². The van der Waals surface area contributed by atoms with Crippen LogP contribution in [0.2, 0.25) is 0 Å². The summed E-state index contributed by atoms with van der Waals surface area (Å²) in [5.74, 6) is 0.666. The highest BCUT2D eigenvalue weighted by molar-refractivity contribution is 7.80. The molecule has 0 atom stereocenters. The first-order valence-corrected chi connectivity index (χ1v) is 9.07. The minimum atomic E-state index is -3.02. The van der Waals surface area contributed by atoms with Crippen LogP contribution in [-0.2, 0) is 4.57 Å². The van der Waals surface area contributed by atoms with Gasteiger partial charge in [-0.1, -0.05) is 48.5 Å². The Labute approximate surface area is 136 Å². The van der Waals surface area contributed by atoms with Gasteiger partial charge in [0.15, 0.2) is 0 Å². The van der Waals surface area contributed by atoms with Gasteiger partial charge in [0.25, 0.3) is 0 Å². The summed E-state index contributed by atoms with van der Waals surface area (Å²) >= 11 is 0. The fraction of sp³-hybridized carbons (Fsp3) is 0.0526. The number of hydrogen-bond donors (Lipinski definition) is 1. The van der Waals surface area contributed by atoms with Crippen LogP contribution in [0.3, 0.4) is 0 Å². The zero-order valence-electron chi connectivity index (χ0n) is 12.8. The zero-order valence-corrected chi connectivity index (χ0v) is 13.7. The lowest BCUT2D eigenvalue weighted by Crippen LogP contribution is -2.21. The van der Waals surface area contributed by atoms with E-state index in [0.717, 1.165) is 10.6 Å². The molecular formula is C19H18NO2P. The maximum absolute atomic E-state index is 13.9. The van der Waals surface area contributed by atoms with Gasteiger partial charge in [0.05, 0.1) is 12.8 Å². The first kappa shape index (κ1) is 15.4. The number of hydrogen-bond acceptors (Lipinski definition) is 2.